The molecule has 0 spiro atoms. The van der Waals surface area contributed by atoms with Gasteiger partial charge in [-0.25, -0.2) is 13.8 Å². The van der Waals surface area contributed by atoms with Crippen molar-refractivity contribution in [3.05, 3.63) is 75.3 Å². The Morgan fingerprint density at radius 3 is 2.59 bits per heavy atom. The monoisotopic (exact) mass is 378 g/mol. The van der Waals surface area contributed by atoms with E-state index in [4.69, 9.17) is 0 Å². The van der Waals surface area contributed by atoms with Crippen LogP contribution in [-0.4, -0.2) is 9.55 Å². The lowest BCUT2D eigenvalue weighted by Gasteiger charge is -2.09. The molecule has 1 aliphatic heterocycles. The predicted molar refractivity (Wildman–Crippen MR) is 89.9 cm³/mol. The molecule has 27 heavy (non-hydrogen) atoms. The molecule has 0 radical (unpaired) electrons. The summed E-state index contributed by atoms with van der Waals surface area (Å²) in [6.07, 6.45) is -2.86. The third-order valence-corrected chi connectivity index (χ3v) is 4.46. The minimum Gasteiger partial charge on any atom is -0.292 e. The molecule has 0 N–H and O–H groups in total. The van der Waals surface area contributed by atoms with Gasteiger partial charge >= 0.3 is 6.18 Å². The SMILES string of the molecule is O=c1c2ccc(C(F)(F)F)cc2nc2n1CC/C2=C\c1cc(F)ccc1F. The van der Waals surface area contributed by atoms with Crippen molar-refractivity contribution in [1.29, 1.82) is 0 Å². The van der Waals surface area contributed by atoms with Crippen LogP contribution in [0.2, 0.25) is 0 Å². The Balaban J connectivity index is 1.90. The maximum absolute atomic E-state index is 13.9. The maximum atomic E-state index is 13.9. The largest absolute Gasteiger partial charge is 0.416 e. The second-order valence-corrected chi connectivity index (χ2v) is 6.21. The van der Waals surface area contributed by atoms with Crippen LogP contribution in [0.5, 0.6) is 0 Å². The van der Waals surface area contributed by atoms with Gasteiger partial charge in [0.15, 0.2) is 0 Å². The molecule has 0 aliphatic carbocycles. The molecule has 3 aromatic rings. The highest BCUT2D eigenvalue weighted by Crippen LogP contribution is 2.32. The number of fused-ring (bicyclic) bond motifs is 2. The quantitative estimate of drug-likeness (QED) is 0.579. The highest BCUT2D eigenvalue weighted by molar-refractivity contribution is 5.85. The Morgan fingerprint density at radius 2 is 1.85 bits per heavy atom. The number of aromatic nitrogens is 2. The molecule has 0 unspecified atom stereocenters. The van der Waals surface area contributed by atoms with Gasteiger partial charge in [0.2, 0.25) is 0 Å². The maximum Gasteiger partial charge on any atom is 0.416 e. The third kappa shape index (κ3) is 3.01. The van der Waals surface area contributed by atoms with Gasteiger partial charge in [0, 0.05) is 12.1 Å². The van der Waals surface area contributed by atoms with Gasteiger partial charge in [0.1, 0.15) is 17.5 Å². The van der Waals surface area contributed by atoms with E-state index in [0.717, 1.165) is 36.4 Å². The summed E-state index contributed by atoms with van der Waals surface area (Å²) in [5.74, 6) is -1.11. The molecule has 2 aromatic carbocycles. The summed E-state index contributed by atoms with van der Waals surface area (Å²) < 4.78 is 67.4. The van der Waals surface area contributed by atoms with Gasteiger partial charge in [-0.15, -0.1) is 0 Å². The summed E-state index contributed by atoms with van der Waals surface area (Å²) in [7, 11) is 0. The van der Waals surface area contributed by atoms with Crippen molar-refractivity contribution in [2.75, 3.05) is 0 Å². The lowest BCUT2D eigenvalue weighted by atomic mass is 10.1. The molecule has 2 heterocycles. The summed E-state index contributed by atoms with van der Waals surface area (Å²) in [4.78, 5) is 16.8. The molecule has 0 saturated heterocycles. The lowest BCUT2D eigenvalue weighted by molar-refractivity contribution is -0.137. The molecule has 4 rings (SSSR count). The highest BCUT2D eigenvalue weighted by atomic mass is 19.4. The van der Waals surface area contributed by atoms with Crippen molar-refractivity contribution in [2.24, 2.45) is 0 Å². The zero-order valence-corrected chi connectivity index (χ0v) is 13.6. The normalized spacial score (nSPS) is 15.5. The van der Waals surface area contributed by atoms with E-state index in [0.29, 0.717) is 12.0 Å². The van der Waals surface area contributed by atoms with Crippen LogP contribution >= 0.6 is 0 Å². The Morgan fingerprint density at radius 1 is 1.07 bits per heavy atom. The molecular formula is C19H11F5N2O. The molecule has 1 aliphatic rings. The van der Waals surface area contributed by atoms with Gasteiger partial charge in [-0.2, -0.15) is 13.2 Å². The topological polar surface area (TPSA) is 34.9 Å². The summed E-state index contributed by atoms with van der Waals surface area (Å²) in [6, 6.07) is 5.73. The average Bonchev–Trinajstić information content (AvgIpc) is 3.00. The molecule has 3 nitrogen and oxygen atoms in total. The molecule has 0 amide bonds. The van der Waals surface area contributed by atoms with Crippen molar-refractivity contribution in [3.63, 3.8) is 0 Å². The number of benzene rings is 2. The van der Waals surface area contributed by atoms with E-state index in [9.17, 15) is 26.7 Å². The Labute approximate surface area is 149 Å². The third-order valence-electron chi connectivity index (χ3n) is 4.46. The zero-order chi connectivity index (χ0) is 19.3. The van der Waals surface area contributed by atoms with Crippen LogP contribution in [-0.2, 0) is 12.7 Å². The van der Waals surface area contributed by atoms with Crippen LogP contribution in [0.1, 0.15) is 23.4 Å². The Bertz CT molecular complexity index is 1160. The highest BCUT2D eigenvalue weighted by Gasteiger charge is 2.31. The first-order valence-corrected chi connectivity index (χ1v) is 8.02. The van der Waals surface area contributed by atoms with E-state index in [2.05, 4.69) is 4.98 Å². The molecule has 8 heteroatoms. The summed E-state index contributed by atoms with van der Waals surface area (Å²) in [6.45, 7) is 0.265. The molecule has 0 saturated carbocycles. The van der Waals surface area contributed by atoms with Gasteiger partial charge in [-0.1, -0.05) is 0 Å². The predicted octanol–water partition coefficient (Wildman–Crippen LogP) is 4.64. The number of alkyl halides is 3. The van der Waals surface area contributed by atoms with E-state index < -0.39 is 28.9 Å². The molecule has 0 fully saturated rings. The molecule has 0 bridgehead atoms. The van der Waals surface area contributed by atoms with E-state index >= 15 is 0 Å². The first-order valence-electron chi connectivity index (χ1n) is 8.02. The molecule has 1 aromatic heterocycles. The Kier molecular flexibility index (Phi) is 3.87. The zero-order valence-electron chi connectivity index (χ0n) is 13.6. The number of hydrogen-bond donors (Lipinski definition) is 0. The second-order valence-electron chi connectivity index (χ2n) is 6.21. The molecule has 138 valence electrons. The average molecular weight is 378 g/mol. The lowest BCUT2D eigenvalue weighted by Crippen LogP contribution is -2.21. The fourth-order valence-corrected chi connectivity index (χ4v) is 3.14. The fourth-order valence-electron chi connectivity index (χ4n) is 3.14. The van der Waals surface area contributed by atoms with Crippen LogP contribution in [0.4, 0.5) is 22.0 Å². The summed E-state index contributed by atoms with van der Waals surface area (Å²) in [5.41, 5.74) is -1.03. The van der Waals surface area contributed by atoms with Crippen LogP contribution in [0.3, 0.4) is 0 Å². The van der Waals surface area contributed by atoms with E-state index in [-0.39, 0.29) is 28.8 Å². The fraction of sp³-hybridized carbons (Fsp3) is 0.158. The van der Waals surface area contributed by atoms with Crippen LogP contribution in [0.25, 0.3) is 22.6 Å². The first-order chi connectivity index (χ1) is 12.7. The van der Waals surface area contributed by atoms with Gasteiger partial charge in [0.25, 0.3) is 5.56 Å². The van der Waals surface area contributed by atoms with E-state index in [1.54, 1.807) is 0 Å². The van der Waals surface area contributed by atoms with Crippen molar-refractivity contribution >= 4 is 22.6 Å². The number of nitrogens with zero attached hydrogens (tertiary/aromatic N) is 2. The number of rotatable bonds is 1. The number of halogens is 5. The Hall–Kier alpha value is -3.03. The standard InChI is InChI=1S/C19H11F5N2O/c20-13-2-4-15(21)11(8-13)7-10-5-6-26-17(10)25-16-9-12(19(22,23)24)1-3-14(16)18(26)27/h1-4,7-9H,5-6H2/b10-7+. The van der Waals surface area contributed by atoms with Crippen molar-refractivity contribution < 1.29 is 22.0 Å². The minimum atomic E-state index is -4.56. The van der Waals surface area contributed by atoms with E-state index in [1.165, 1.54) is 10.6 Å². The summed E-state index contributed by atoms with van der Waals surface area (Å²) >= 11 is 0. The number of allylic oxidation sites excluding steroid dienone is 1. The van der Waals surface area contributed by atoms with Gasteiger partial charge < -0.3 is 0 Å². The van der Waals surface area contributed by atoms with E-state index in [1.807, 2.05) is 0 Å². The van der Waals surface area contributed by atoms with Crippen molar-refractivity contribution in [2.45, 2.75) is 19.1 Å². The van der Waals surface area contributed by atoms with Gasteiger partial charge in [-0.05, 0) is 54.5 Å². The van der Waals surface area contributed by atoms with Crippen LogP contribution < -0.4 is 5.56 Å². The number of hydrogen-bond acceptors (Lipinski definition) is 2. The van der Waals surface area contributed by atoms with Crippen molar-refractivity contribution in [3.8, 4) is 0 Å². The van der Waals surface area contributed by atoms with Crippen molar-refractivity contribution in [1.82, 2.24) is 9.55 Å². The molecule has 0 atom stereocenters. The minimum absolute atomic E-state index is 0.0168. The first kappa shape index (κ1) is 17.4. The van der Waals surface area contributed by atoms with Gasteiger partial charge in [-0.3, -0.25) is 9.36 Å². The smallest absolute Gasteiger partial charge is 0.292 e. The molecular weight excluding hydrogens is 367 g/mol. The van der Waals surface area contributed by atoms with Crippen LogP contribution in [0, 0.1) is 11.6 Å². The second kappa shape index (κ2) is 6.00. The summed E-state index contributed by atoms with van der Waals surface area (Å²) in [5, 5.41) is 0.0740. The van der Waals surface area contributed by atoms with Gasteiger partial charge in [0.05, 0.1) is 16.5 Å². The van der Waals surface area contributed by atoms with Crippen LogP contribution in [0.15, 0.2) is 41.2 Å².